The summed E-state index contributed by atoms with van der Waals surface area (Å²) in [5, 5.41) is 10.4. The molecule has 1 radical (unpaired) electrons. The molecule has 179 valence electrons. The molecule has 5 heteroatoms. The molecule has 0 spiro atoms. The van der Waals surface area contributed by atoms with Crippen LogP contribution in [0.4, 0.5) is 0 Å². The van der Waals surface area contributed by atoms with Gasteiger partial charge in [0.2, 0.25) is 0 Å². The number of nitrogens with zero attached hydrogens (tertiary/aromatic N) is 1. The molecule has 0 saturated carbocycles. The number of rotatable bonds is 2. The van der Waals surface area contributed by atoms with Gasteiger partial charge in [0.05, 0.1) is 5.76 Å². The van der Waals surface area contributed by atoms with E-state index < -0.39 is 0 Å². The van der Waals surface area contributed by atoms with Crippen molar-refractivity contribution in [3.05, 3.63) is 100 Å². The van der Waals surface area contributed by atoms with Gasteiger partial charge in [-0.15, -0.1) is 34.9 Å². The zero-order valence-corrected chi connectivity index (χ0v) is 22.7. The standard InChI is InChI=1S/C25H18NO.C5H8O2.Ir/c1-14-10-15(2)12-17(11-14)24-18-7-5-9-20-23(18)21(13-26-24)22-16(3)6-4-8-19(22)25(20)27;1-4(6)3-5(2)7;/h4-11,13H,1-3H3;3,6H,1-2H3;/q-1;;/b;4-3-;. The topological polar surface area (TPSA) is 67.3 Å². The number of aliphatic hydroxyl groups is 1. The molecule has 5 rings (SSSR count). The molecule has 3 aromatic carbocycles. The molecule has 1 aliphatic carbocycles. The minimum absolute atomic E-state index is 0. The van der Waals surface area contributed by atoms with E-state index in [1.165, 1.54) is 25.5 Å². The summed E-state index contributed by atoms with van der Waals surface area (Å²) >= 11 is 0. The molecule has 0 atom stereocenters. The summed E-state index contributed by atoms with van der Waals surface area (Å²) in [6, 6.07) is 19.5. The molecular formula is C30H26IrNO3-. The third kappa shape index (κ3) is 5.17. The summed E-state index contributed by atoms with van der Waals surface area (Å²) in [6.07, 6.45) is 3.09. The second kappa shape index (κ2) is 10.5. The molecule has 1 heterocycles. The predicted octanol–water partition coefficient (Wildman–Crippen LogP) is 6.87. The molecule has 1 N–H and O–H groups in total. The molecule has 4 nitrogen and oxygen atoms in total. The van der Waals surface area contributed by atoms with Gasteiger partial charge in [-0.2, -0.15) is 0 Å². The number of pyridine rings is 1. The molecule has 1 aromatic heterocycles. The Kier molecular flexibility index (Phi) is 7.84. The fourth-order valence-electron chi connectivity index (χ4n) is 4.57. The molecule has 0 unspecified atom stereocenters. The Hall–Kier alpha value is -3.40. The Morgan fingerprint density at radius 2 is 1.66 bits per heavy atom. The van der Waals surface area contributed by atoms with Gasteiger partial charge >= 0.3 is 0 Å². The maximum absolute atomic E-state index is 13.2. The summed E-state index contributed by atoms with van der Waals surface area (Å²) in [6.45, 7) is 9.03. The number of benzene rings is 3. The van der Waals surface area contributed by atoms with Crippen molar-refractivity contribution in [3.63, 3.8) is 0 Å². The SMILES string of the molecule is CC(=O)/C=C(/C)O.Cc1[c-]c(-c2ncc3c4c(cccc24)C(=O)c2cccc(C)c2-3)cc(C)c1.[Ir]. The van der Waals surface area contributed by atoms with Crippen molar-refractivity contribution in [2.24, 2.45) is 0 Å². The van der Waals surface area contributed by atoms with Crippen LogP contribution < -0.4 is 0 Å². The van der Waals surface area contributed by atoms with Gasteiger partial charge in [-0.25, -0.2) is 0 Å². The van der Waals surface area contributed by atoms with Crippen molar-refractivity contribution >= 4 is 22.3 Å². The van der Waals surface area contributed by atoms with Crippen LogP contribution in [0, 0.1) is 26.8 Å². The zero-order chi connectivity index (χ0) is 24.6. The van der Waals surface area contributed by atoms with Gasteiger partial charge in [-0.3, -0.25) is 9.59 Å². The van der Waals surface area contributed by atoms with Crippen LogP contribution >= 0.6 is 0 Å². The second-order valence-corrected chi connectivity index (χ2v) is 8.73. The number of carbonyl (C=O) groups excluding carboxylic acids is 2. The van der Waals surface area contributed by atoms with E-state index in [2.05, 4.69) is 44.2 Å². The van der Waals surface area contributed by atoms with Crippen LogP contribution in [-0.4, -0.2) is 21.7 Å². The normalized spacial score (nSPS) is 11.8. The van der Waals surface area contributed by atoms with Crippen LogP contribution in [0.15, 0.2) is 66.6 Å². The molecule has 0 aliphatic heterocycles. The van der Waals surface area contributed by atoms with Crippen molar-refractivity contribution in [1.29, 1.82) is 0 Å². The van der Waals surface area contributed by atoms with Crippen LogP contribution in [0.25, 0.3) is 33.2 Å². The first kappa shape index (κ1) is 26.2. The summed E-state index contributed by atoms with van der Waals surface area (Å²) in [5.41, 5.74) is 8.80. The number of allylic oxidation sites excluding steroid dienone is 2. The average Bonchev–Trinajstić information content (AvgIpc) is 2.76. The summed E-state index contributed by atoms with van der Waals surface area (Å²) in [5.74, 6) is 0.0286. The monoisotopic (exact) mass is 641 g/mol. The average molecular weight is 641 g/mol. The van der Waals surface area contributed by atoms with Gasteiger partial charge in [0.15, 0.2) is 11.6 Å². The second-order valence-electron chi connectivity index (χ2n) is 8.73. The molecule has 4 aromatic rings. The number of aryl methyl sites for hydroxylation is 3. The van der Waals surface area contributed by atoms with E-state index in [4.69, 9.17) is 10.1 Å². The van der Waals surface area contributed by atoms with Gasteiger partial charge in [0, 0.05) is 49.1 Å². The van der Waals surface area contributed by atoms with Crippen LogP contribution in [0.1, 0.15) is 46.5 Å². The van der Waals surface area contributed by atoms with Crippen molar-refractivity contribution in [2.75, 3.05) is 0 Å². The number of fused-ring (bicyclic) bond motifs is 2. The van der Waals surface area contributed by atoms with Crippen molar-refractivity contribution in [3.8, 4) is 22.4 Å². The Balaban J connectivity index is 0.000000378. The molecule has 1 aliphatic rings. The van der Waals surface area contributed by atoms with Gasteiger partial charge < -0.3 is 10.1 Å². The largest absolute Gasteiger partial charge is 0.512 e. The number of ketones is 2. The van der Waals surface area contributed by atoms with E-state index in [1.807, 2.05) is 37.4 Å². The Labute approximate surface area is 219 Å². The van der Waals surface area contributed by atoms with E-state index in [9.17, 15) is 9.59 Å². The molecule has 35 heavy (non-hydrogen) atoms. The molecule has 0 saturated heterocycles. The van der Waals surface area contributed by atoms with Crippen LogP contribution in [0.2, 0.25) is 0 Å². The predicted molar refractivity (Wildman–Crippen MR) is 136 cm³/mol. The molecule has 0 fully saturated rings. The third-order valence-electron chi connectivity index (χ3n) is 5.76. The van der Waals surface area contributed by atoms with Crippen molar-refractivity contribution < 1.29 is 34.8 Å². The van der Waals surface area contributed by atoms with Crippen LogP contribution in [0.5, 0.6) is 0 Å². The molecule has 0 bridgehead atoms. The van der Waals surface area contributed by atoms with Crippen LogP contribution in [-0.2, 0) is 24.9 Å². The fourth-order valence-corrected chi connectivity index (χ4v) is 4.57. The first-order chi connectivity index (χ1) is 16.2. The third-order valence-corrected chi connectivity index (χ3v) is 5.76. The van der Waals surface area contributed by atoms with E-state index in [0.717, 1.165) is 55.4 Å². The maximum atomic E-state index is 13.2. The maximum Gasteiger partial charge on any atom is 0.194 e. The van der Waals surface area contributed by atoms with Crippen molar-refractivity contribution in [2.45, 2.75) is 34.6 Å². The van der Waals surface area contributed by atoms with Gasteiger partial charge in [0.25, 0.3) is 0 Å². The number of aliphatic hydroxyl groups excluding tert-OH is 1. The van der Waals surface area contributed by atoms with E-state index >= 15 is 0 Å². The van der Waals surface area contributed by atoms with Crippen molar-refractivity contribution in [1.82, 2.24) is 4.98 Å². The quantitative estimate of drug-likeness (QED) is 0.130. The van der Waals surface area contributed by atoms with Crippen LogP contribution in [0.3, 0.4) is 0 Å². The number of hydrogen-bond donors (Lipinski definition) is 1. The zero-order valence-electron chi connectivity index (χ0n) is 20.3. The van der Waals surface area contributed by atoms with Gasteiger partial charge in [-0.1, -0.05) is 50.2 Å². The molecule has 0 amide bonds. The number of carbonyl (C=O) groups is 2. The molecular weight excluding hydrogens is 615 g/mol. The first-order valence-corrected chi connectivity index (χ1v) is 11.1. The summed E-state index contributed by atoms with van der Waals surface area (Å²) in [4.78, 5) is 28.0. The Morgan fingerprint density at radius 3 is 2.29 bits per heavy atom. The Morgan fingerprint density at radius 1 is 0.971 bits per heavy atom. The van der Waals surface area contributed by atoms with E-state index in [-0.39, 0.29) is 37.4 Å². The summed E-state index contributed by atoms with van der Waals surface area (Å²) in [7, 11) is 0. The van der Waals surface area contributed by atoms with E-state index in [0.29, 0.717) is 0 Å². The number of aromatic nitrogens is 1. The minimum atomic E-state index is -0.125. The smallest absolute Gasteiger partial charge is 0.194 e. The fraction of sp³-hybridized carbons (Fsp3) is 0.167. The van der Waals surface area contributed by atoms with Gasteiger partial charge in [-0.05, 0) is 48.4 Å². The first-order valence-electron chi connectivity index (χ1n) is 11.1. The summed E-state index contributed by atoms with van der Waals surface area (Å²) < 4.78 is 0. The Bertz CT molecular complexity index is 1480. The van der Waals surface area contributed by atoms with Gasteiger partial charge in [0.1, 0.15) is 0 Å². The van der Waals surface area contributed by atoms with E-state index in [1.54, 1.807) is 0 Å². The minimum Gasteiger partial charge on any atom is -0.512 e. The number of hydrogen-bond acceptors (Lipinski definition) is 4.